The van der Waals surface area contributed by atoms with Crippen LogP contribution in [-0.4, -0.2) is 29.2 Å². The highest BCUT2D eigenvalue weighted by Gasteiger charge is 2.37. The van der Waals surface area contributed by atoms with Crippen LogP contribution in [0.2, 0.25) is 0 Å². The highest BCUT2D eigenvalue weighted by atomic mass is 19.4. The van der Waals surface area contributed by atoms with E-state index in [0.717, 1.165) is 17.2 Å². The Morgan fingerprint density at radius 1 is 1.09 bits per heavy atom. The number of nitrogens with one attached hydrogen (secondary N) is 1. The van der Waals surface area contributed by atoms with Gasteiger partial charge in [0.25, 0.3) is 5.91 Å². The van der Waals surface area contributed by atoms with Crippen molar-refractivity contribution in [2.24, 2.45) is 0 Å². The van der Waals surface area contributed by atoms with E-state index < -0.39 is 53.7 Å². The maximum absolute atomic E-state index is 13.0. The number of alkyl halides is 6. The van der Waals surface area contributed by atoms with Crippen LogP contribution in [0, 0.1) is 0 Å². The fourth-order valence-corrected chi connectivity index (χ4v) is 3.81. The van der Waals surface area contributed by atoms with Crippen molar-refractivity contribution in [3.63, 3.8) is 0 Å². The number of fused-ring (bicyclic) bond motifs is 1. The molecule has 12 heteroatoms. The molecule has 0 saturated heterocycles. The molecule has 188 valence electrons. The summed E-state index contributed by atoms with van der Waals surface area (Å²) in [6.07, 6.45) is -7.17. The Balaban J connectivity index is 1.71. The molecule has 2 N–H and O–H groups in total. The summed E-state index contributed by atoms with van der Waals surface area (Å²) in [4.78, 5) is 24.9. The highest BCUT2D eigenvalue weighted by molar-refractivity contribution is 5.90. The molecule has 0 spiro atoms. The van der Waals surface area contributed by atoms with Gasteiger partial charge in [0, 0.05) is 13.1 Å². The zero-order valence-corrected chi connectivity index (χ0v) is 18.2. The van der Waals surface area contributed by atoms with Gasteiger partial charge in [0.15, 0.2) is 0 Å². The second-order valence-electron chi connectivity index (χ2n) is 7.90. The lowest BCUT2D eigenvalue weighted by atomic mass is 10.0. The van der Waals surface area contributed by atoms with Crippen LogP contribution in [0.25, 0.3) is 6.08 Å². The predicted molar refractivity (Wildman–Crippen MR) is 111 cm³/mol. The minimum Gasteiger partial charge on any atom is -0.445 e. The zero-order chi connectivity index (χ0) is 26.0. The summed E-state index contributed by atoms with van der Waals surface area (Å²) in [7, 11) is 1.43. The first kappa shape index (κ1) is 26.1. The lowest BCUT2D eigenvalue weighted by Gasteiger charge is -2.25. The fraction of sp³-hybridized carbons (Fsp3) is 0.304. The lowest BCUT2D eigenvalue weighted by molar-refractivity contribution is -0.143. The van der Waals surface area contributed by atoms with Crippen LogP contribution >= 0.6 is 0 Å². The molecular formula is C23H20F6N2O4. The zero-order valence-electron chi connectivity index (χ0n) is 18.2. The number of ether oxygens (including phenoxy) is 1. The van der Waals surface area contributed by atoms with E-state index >= 15 is 0 Å². The normalized spacial score (nSPS) is 15.7. The van der Waals surface area contributed by atoms with Gasteiger partial charge in [-0.25, -0.2) is 10.3 Å². The summed E-state index contributed by atoms with van der Waals surface area (Å²) in [5.74, 6) is -0.700. The van der Waals surface area contributed by atoms with Gasteiger partial charge in [0.1, 0.15) is 6.61 Å². The molecule has 6 nitrogen and oxygen atoms in total. The van der Waals surface area contributed by atoms with E-state index in [2.05, 4.69) is 0 Å². The fourth-order valence-electron chi connectivity index (χ4n) is 3.81. The van der Waals surface area contributed by atoms with Crippen molar-refractivity contribution in [1.29, 1.82) is 0 Å². The van der Waals surface area contributed by atoms with E-state index in [9.17, 15) is 35.9 Å². The third kappa shape index (κ3) is 6.32. The number of hydrogen-bond donors (Lipinski definition) is 2. The number of benzene rings is 2. The average Bonchev–Trinajstić information content (AvgIpc) is 3.22. The Labute approximate surface area is 195 Å². The van der Waals surface area contributed by atoms with Crippen LogP contribution < -0.4 is 5.48 Å². The number of nitrogens with zero attached hydrogens (tertiary/aromatic N) is 1. The van der Waals surface area contributed by atoms with Gasteiger partial charge in [-0.15, -0.1) is 0 Å². The second kappa shape index (κ2) is 9.98. The standard InChI is InChI=1S/C23H20F6N2O4/c1-31(19-6-4-15-8-13(2-5-18(15)19)3-7-20(32)30-34)21(33)35-12-14-9-16(22(24,25)26)11-17(10-14)23(27,28)29/h2-3,5,7-11,19,34H,4,6,12H2,1H3,(H,30,32)/b7-3+. The molecule has 0 aromatic heterocycles. The van der Waals surface area contributed by atoms with Gasteiger partial charge in [-0.2, -0.15) is 26.3 Å². The summed E-state index contributed by atoms with van der Waals surface area (Å²) in [5.41, 5.74) is 0.433. The molecule has 0 radical (unpaired) electrons. The first-order chi connectivity index (χ1) is 16.3. The first-order valence-electron chi connectivity index (χ1n) is 10.2. The number of hydroxylamine groups is 1. The molecule has 35 heavy (non-hydrogen) atoms. The van der Waals surface area contributed by atoms with Crippen LogP contribution in [0.15, 0.2) is 42.5 Å². The smallest absolute Gasteiger partial charge is 0.416 e. The van der Waals surface area contributed by atoms with Crippen molar-refractivity contribution >= 4 is 18.1 Å². The van der Waals surface area contributed by atoms with E-state index in [1.54, 1.807) is 18.2 Å². The van der Waals surface area contributed by atoms with E-state index in [-0.39, 0.29) is 6.07 Å². The Bertz CT molecular complexity index is 1110. The summed E-state index contributed by atoms with van der Waals surface area (Å²) in [6, 6.07) is 5.86. The molecule has 0 aliphatic heterocycles. The van der Waals surface area contributed by atoms with Crippen LogP contribution in [0.1, 0.15) is 45.8 Å². The number of hydrogen-bond acceptors (Lipinski definition) is 4. The first-order valence-corrected chi connectivity index (χ1v) is 10.2. The van der Waals surface area contributed by atoms with Crippen LogP contribution in [0.4, 0.5) is 31.1 Å². The molecule has 0 saturated carbocycles. The second-order valence-corrected chi connectivity index (χ2v) is 7.90. The number of halogens is 6. The molecule has 1 atom stereocenters. The SMILES string of the molecule is CN(C(=O)OCc1cc(C(F)(F)F)cc(C(F)(F)F)c1)C1CCc2cc(/C=C/C(=O)NO)ccc21. The van der Waals surface area contributed by atoms with Gasteiger partial charge in [-0.3, -0.25) is 10.0 Å². The van der Waals surface area contributed by atoms with Crippen molar-refractivity contribution in [2.45, 2.75) is 37.8 Å². The van der Waals surface area contributed by atoms with Crippen LogP contribution in [-0.2, 0) is 34.9 Å². The maximum Gasteiger partial charge on any atom is 0.416 e. The van der Waals surface area contributed by atoms with Crippen molar-refractivity contribution < 1.29 is 45.9 Å². The van der Waals surface area contributed by atoms with Gasteiger partial charge in [0.05, 0.1) is 17.2 Å². The van der Waals surface area contributed by atoms with Gasteiger partial charge < -0.3 is 9.64 Å². The number of carbonyl (C=O) groups is 2. The Morgan fingerprint density at radius 2 is 1.71 bits per heavy atom. The monoisotopic (exact) mass is 502 g/mol. The van der Waals surface area contributed by atoms with Gasteiger partial charge in [0.2, 0.25) is 0 Å². The van der Waals surface area contributed by atoms with E-state index in [1.165, 1.54) is 23.5 Å². The molecule has 0 heterocycles. The van der Waals surface area contributed by atoms with Crippen LogP contribution in [0.5, 0.6) is 0 Å². The summed E-state index contributed by atoms with van der Waals surface area (Å²) in [5, 5.41) is 8.53. The highest BCUT2D eigenvalue weighted by Crippen LogP contribution is 2.38. The van der Waals surface area contributed by atoms with E-state index in [0.29, 0.717) is 30.5 Å². The minimum absolute atomic E-state index is 0.00653. The molecule has 2 amide bonds. The molecule has 1 aliphatic carbocycles. The van der Waals surface area contributed by atoms with Crippen molar-refractivity contribution in [3.05, 3.63) is 75.9 Å². The van der Waals surface area contributed by atoms with Gasteiger partial charge >= 0.3 is 18.4 Å². The average molecular weight is 502 g/mol. The quantitative estimate of drug-likeness (QED) is 0.245. The maximum atomic E-state index is 13.0. The molecule has 0 bridgehead atoms. The largest absolute Gasteiger partial charge is 0.445 e. The summed E-state index contributed by atoms with van der Waals surface area (Å²) >= 11 is 0. The number of aryl methyl sites for hydroxylation is 1. The van der Waals surface area contributed by atoms with Crippen molar-refractivity contribution in [1.82, 2.24) is 10.4 Å². The van der Waals surface area contributed by atoms with Crippen molar-refractivity contribution in [3.8, 4) is 0 Å². The van der Waals surface area contributed by atoms with Gasteiger partial charge in [-0.1, -0.05) is 18.2 Å². The van der Waals surface area contributed by atoms with Crippen molar-refractivity contribution in [2.75, 3.05) is 7.05 Å². The third-order valence-corrected chi connectivity index (χ3v) is 5.52. The molecule has 2 aromatic carbocycles. The predicted octanol–water partition coefficient (Wildman–Crippen LogP) is 5.50. The Morgan fingerprint density at radius 3 is 2.29 bits per heavy atom. The lowest BCUT2D eigenvalue weighted by Crippen LogP contribution is -2.30. The molecule has 3 rings (SSSR count). The number of carbonyl (C=O) groups excluding carboxylic acids is 2. The molecule has 2 aromatic rings. The minimum atomic E-state index is -5.00. The molecule has 1 aliphatic rings. The van der Waals surface area contributed by atoms with Gasteiger partial charge in [-0.05, 0) is 59.4 Å². The van der Waals surface area contributed by atoms with Crippen LogP contribution in [0.3, 0.4) is 0 Å². The number of amides is 2. The summed E-state index contributed by atoms with van der Waals surface area (Å²) in [6.45, 7) is -0.771. The molecule has 0 fully saturated rings. The summed E-state index contributed by atoms with van der Waals surface area (Å²) < 4.78 is 83.2. The molecular weight excluding hydrogens is 482 g/mol. The number of rotatable bonds is 5. The van der Waals surface area contributed by atoms with E-state index in [1.807, 2.05) is 0 Å². The van der Waals surface area contributed by atoms with E-state index in [4.69, 9.17) is 9.94 Å². The topological polar surface area (TPSA) is 78.9 Å². The Kier molecular flexibility index (Phi) is 7.44. The Hall–Kier alpha value is -3.54. The third-order valence-electron chi connectivity index (χ3n) is 5.52. The molecule has 1 unspecified atom stereocenters.